The third kappa shape index (κ3) is 6.42. The maximum absolute atomic E-state index is 11.4. The molecule has 106 valence electrons. The first kappa shape index (κ1) is 15.5. The van der Waals surface area contributed by atoms with Gasteiger partial charge in [0.2, 0.25) is 0 Å². The van der Waals surface area contributed by atoms with Gasteiger partial charge in [-0.05, 0) is 25.7 Å². The van der Waals surface area contributed by atoms with Crippen molar-refractivity contribution in [3.8, 4) is 0 Å². The highest BCUT2D eigenvalue weighted by molar-refractivity contribution is 5.75. The van der Waals surface area contributed by atoms with Crippen LogP contribution in [0, 0.1) is 11.8 Å². The number of rotatable bonds is 11. The lowest BCUT2D eigenvalue weighted by atomic mass is 10.1. The summed E-state index contributed by atoms with van der Waals surface area (Å²) >= 11 is 0. The van der Waals surface area contributed by atoms with Gasteiger partial charge in [0.25, 0.3) is 0 Å². The normalized spacial score (nSPS) is 21.9. The predicted molar refractivity (Wildman–Crippen MR) is 75.5 cm³/mol. The minimum atomic E-state index is 0.0436. The number of carbonyl (C=O) groups is 1. The molecule has 0 amide bonds. The number of carbonyl (C=O) groups excluding carboxylic acids is 1. The molecule has 0 aliphatic heterocycles. The minimum Gasteiger partial charge on any atom is -0.466 e. The Kier molecular flexibility index (Phi) is 8.11. The van der Waals surface area contributed by atoms with E-state index < -0.39 is 0 Å². The zero-order valence-corrected chi connectivity index (χ0v) is 12.2. The number of hydrogen-bond donors (Lipinski definition) is 0. The van der Waals surface area contributed by atoms with Crippen LogP contribution in [0.1, 0.15) is 78.1 Å². The summed E-state index contributed by atoms with van der Waals surface area (Å²) in [6.45, 7) is 4.67. The highest BCUT2D eigenvalue weighted by Crippen LogP contribution is 2.43. The average Bonchev–Trinajstić information content (AvgIpc) is 3.12. The quantitative estimate of drug-likeness (QED) is 0.394. The average molecular weight is 254 g/mol. The van der Waals surface area contributed by atoms with Crippen molar-refractivity contribution in [3.63, 3.8) is 0 Å². The van der Waals surface area contributed by atoms with E-state index in [0.29, 0.717) is 12.5 Å². The maximum Gasteiger partial charge on any atom is 0.309 e. The molecule has 1 aliphatic rings. The van der Waals surface area contributed by atoms with Crippen LogP contribution in [0.4, 0.5) is 0 Å². The Morgan fingerprint density at radius 1 is 1.00 bits per heavy atom. The Morgan fingerprint density at radius 3 is 2.22 bits per heavy atom. The molecule has 1 saturated carbocycles. The molecule has 0 aromatic heterocycles. The summed E-state index contributed by atoms with van der Waals surface area (Å²) in [6.07, 6.45) is 13.3. The van der Waals surface area contributed by atoms with Crippen LogP contribution in [0.5, 0.6) is 0 Å². The Balaban J connectivity index is 1.84. The summed E-state index contributed by atoms with van der Waals surface area (Å²) in [5.74, 6) is 0.931. The van der Waals surface area contributed by atoms with Crippen molar-refractivity contribution in [1.82, 2.24) is 0 Å². The van der Waals surface area contributed by atoms with Gasteiger partial charge >= 0.3 is 5.97 Å². The molecule has 0 unspecified atom stereocenters. The third-order valence-corrected chi connectivity index (χ3v) is 3.94. The monoisotopic (exact) mass is 254 g/mol. The maximum atomic E-state index is 11.4. The van der Waals surface area contributed by atoms with E-state index >= 15 is 0 Å². The second kappa shape index (κ2) is 9.41. The lowest BCUT2D eigenvalue weighted by Crippen LogP contribution is -2.07. The van der Waals surface area contributed by atoms with Gasteiger partial charge in [-0.3, -0.25) is 4.79 Å². The van der Waals surface area contributed by atoms with Crippen LogP contribution in [0.2, 0.25) is 0 Å². The second-order valence-corrected chi connectivity index (χ2v) is 5.62. The highest BCUT2D eigenvalue weighted by Gasteiger charge is 2.43. The van der Waals surface area contributed by atoms with E-state index in [0.717, 1.165) is 6.42 Å². The third-order valence-electron chi connectivity index (χ3n) is 3.94. The molecule has 0 heterocycles. The first-order valence-electron chi connectivity index (χ1n) is 7.96. The molecule has 2 atom stereocenters. The molecular weight excluding hydrogens is 224 g/mol. The summed E-state index contributed by atoms with van der Waals surface area (Å²) < 4.78 is 5.04. The molecule has 0 saturated heterocycles. The van der Waals surface area contributed by atoms with Crippen LogP contribution < -0.4 is 0 Å². The molecule has 2 heteroatoms. The van der Waals surface area contributed by atoms with Crippen molar-refractivity contribution in [2.75, 3.05) is 6.61 Å². The van der Waals surface area contributed by atoms with Crippen LogP contribution >= 0.6 is 0 Å². The minimum absolute atomic E-state index is 0.0436. The fourth-order valence-electron chi connectivity index (χ4n) is 2.65. The molecule has 18 heavy (non-hydrogen) atoms. The predicted octanol–water partition coefficient (Wildman–Crippen LogP) is 4.72. The van der Waals surface area contributed by atoms with Gasteiger partial charge in [-0.1, -0.05) is 58.3 Å². The van der Waals surface area contributed by atoms with Crippen LogP contribution in [-0.2, 0) is 9.53 Å². The molecule has 0 bridgehead atoms. The summed E-state index contributed by atoms with van der Waals surface area (Å²) in [5, 5.41) is 0. The number of ether oxygens (including phenoxy) is 1. The van der Waals surface area contributed by atoms with Gasteiger partial charge in [0.05, 0.1) is 12.5 Å². The fourth-order valence-corrected chi connectivity index (χ4v) is 2.65. The van der Waals surface area contributed by atoms with Gasteiger partial charge in [0.15, 0.2) is 0 Å². The Labute approximate surface area is 112 Å². The van der Waals surface area contributed by atoms with E-state index in [1.165, 1.54) is 57.8 Å². The van der Waals surface area contributed by atoms with Crippen molar-refractivity contribution in [3.05, 3.63) is 0 Å². The molecule has 1 rings (SSSR count). The Hall–Kier alpha value is -0.530. The number of esters is 1. The SMILES string of the molecule is CCCCCCCCCC[C@H]1C[C@H]1C(=O)OCC. The first-order chi connectivity index (χ1) is 8.79. The summed E-state index contributed by atoms with van der Waals surface area (Å²) in [5.41, 5.74) is 0. The summed E-state index contributed by atoms with van der Waals surface area (Å²) in [6, 6.07) is 0. The van der Waals surface area contributed by atoms with Crippen LogP contribution in [0.15, 0.2) is 0 Å². The smallest absolute Gasteiger partial charge is 0.309 e. The van der Waals surface area contributed by atoms with Crippen LogP contribution in [-0.4, -0.2) is 12.6 Å². The molecule has 0 aromatic carbocycles. The van der Waals surface area contributed by atoms with E-state index in [-0.39, 0.29) is 11.9 Å². The second-order valence-electron chi connectivity index (χ2n) is 5.62. The zero-order valence-electron chi connectivity index (χ0n) is 12.2. The molecular formula is C16H30O2. The number of unbranched alkanes of at least 4 members (excludes halogenated alkanes) is 7. The Morgan fingerprint density at radius 2 is 1.61 bits per heavy atom. The molecule has 0 aromatic rings. The van der Waals surface area contributed by atoms with Gasteiger partial charge in [-0.2, -0.15) is 0 Å². The number of hydrogen-bond acceptors (Lipinski definition) is 2. The van der Waals surface area contributed by atoms with Gasteiger partial charge in [-0.25, -0.2) is 0 Å². The van der Waals surface area contributed by atoms with Crippen molar-refractivity contribution in [2.45, 2.75) is 78.1 Å². The largest absolute Gasteiger partial charge is 0.466 e. The summed E-state index contributed by atoms with van der Waals surface area (Å²) in [4.78, 5) is 11.4. The van der Waals surface area contributed by atoms with E-state index in [9.17, 15) is 4.79 Å². The first-order valence-corrected chi connectivity index (χ1v) is 7.96. The van der Waals surface area contributed by atoms with Gasteiger partial charge < -0.3 is 4.74 Å². The standard InChI is InChI=1S/C16H30O2/c1-3-5-6-7-8-9-10-11-12-14-13-15(14)16(17)18-4-2/h14-15H,3-13H2,1-2H3/t14-,15+/m0/s1. The topological polar surface area (TPSA) is 26.3 Å². The lowest BCUT2D eigenvalue weighted by molar-refractivity contribution is -0.145. The molecule has 0 N–H and O–H groups in total. The van der Waals surface area contributed by atoms with Gasteiger partial charge in [-0.15, -0.1) is 0 Å². The van der Waals surface area contributed by atoms with Crippen molar-refractivity contribution in [1.29, 1.82) is 0 Å². The Bertz CT molecular complexity index is 225. The van der Waals surface area contributed by atoms with Crippen LogP contribution in [0.3, 0.4) is 0 Å². The van der Waals surface area contributed by atoms with Crippen molar-refractivity contribution < 1.29 is 9.53 Å². The van der Waals surface area contributed by atoms with Crippen molar-refractivity contribution >= 4 is 5.97 Å². The molecule has 1 fully saturated rings. The van der Waals surface area contributed by atoms with E-state index in [2.05, 4.69) is 6.92 Å². The lowest BCUT2D eigenvalue weighted by Gasteiger charge is -2.02. The fraction of sp³-hybridized carbons (Fsp3) is 0.938. The highest BCUT2D eigenvalue weighted by atomic mass is 16.5. The molecule has 0 spiro atoms. The van der Waals surface area contributed by atoms with Gasteiger partial charge in [0, 0.05) is 0 Å². The van der Waals surface area contributed by atoms with Gasteiger partial charge in [0.1, 0.15) is 0 Å². The molecule has 0 radical (unpaired) electrons. The van der Waals surface area contributed by atoms with E-state index in [1.54, 1.807) is 0 Å². The van der Waals surface area contributed by atoms with E-state index in [4.69, 9.17) is 4.74 Å². The molecule has 2 nitrogen and oxygen atoms in total. The molecule has 1 aliphatic carbocycles. The van der Waals surface area contributed by atoms with E-state index in [1.807, 2.05) is 6.92 Å². The summed E-state index contributed by atoms with van der Waals surface area (Å²) in [7, 11) is 0. The van der Waals surface area contributed by atoms with Crippen LogP contribution in [0.25, 0.3) is 0 Å². The zero-order chi connectivity index (χ0) is 13.2. The van der Waals surface area contributed by atoms with Crippen molar-refractivity contribution in [2.24, 2.45) is 11.8 Å².